The van der Waals surface area contributed by atoms with Crippen molar-refractivity contribution in [3.63, 3.8) is 0 Å². The van der Waals surface area contributed by atoms with E-state index in [2.05, 4.69) is 10.6 Å². The first kappa shape index (κ1) is 15.0. The highest BCUT2D eigenvalue weighted by Crippen LogP contribution is 2.60. The molecule has 0 spiro atoms. The summed E-state index contributed by atoms with van der Waals surface area (Å²) in [5, 5.41) is 5.89. The third-order valence-electron chi connectivity index (χ3n) is 5.85. The van der Waals surface area contributed by atoms with Gasteiger partial charge in [-0.2, -0.15) is 0 Å². The highest BCUT2D eigenvalue weighted by molar-refractivity contribution is 6.30. The second-order valence-electron chi connectivity index (χ2n) is 7.61. The van der Waals surface area contributed by atoms with Gasteiger partial charge in [-0.3, -0.25) is 10.1 Å². The molecule has 4 saturated carbocycles. The fourth-order valence-electron chi connectivity index (χ4n) is 5.32. The summed E-state index contributed by atoms with van der Waals surface area (Å²) in [5.74, 6) is 1.98. The molecule has 122 valence electrons. The van der Waals surface area contributed by atoms with Crippen LogP contribution >= 0.6 is 11.6 Å². The molecule has 1 aromatic rings. The van der Waals surface area contributed by atoms with Crippen molar-refractivity contribution in [3.05, 3.63) is 29.3 Å². The summed E-state index contributed by atoms with van der Waals surface area (Å²) >= 11 is 5.83. The molecule has 5 heteroatoms. The van der Waals surface area contributed by atoms with Crippen LogP contribution in [0.3, 0.4) is 0 Å². The Hall–Kier alpha value is -1.55. The summed E-state index contributed by atoms with van der Waals surface area (Å²) in [7, 11) is 0. The number of rotatable bonds is 2. The van der Waals surface area contributed by atoms with Crippen molar-refractivity contribution in [3.8, 4) is 0 Å². The molecule has 0 heterocycles. The monoisotopic (exact) mass is 332 g/mol. The first-order valence-electron chi connectivity index (χ1n) is 8.40. The number of hydrogen-bond donors (Lipinski definition) is 2. The van der Waals surface area contributed by atoms with Crippen molar-refractivity contribution < 1.29 is 9.59 Å². The predicted molar refractivity (Wildman–Crippen MR) is 89.2 cm³/mol. The molecule has 4 nitrogen and oxygen atoms in total. The Morgan fingerprint density at radius 3 is 2.00 bits per heavy atom. The summed E-state index contributed by atoms with van der Waals surface area (Å²) < 4.78 is 0. The van der Waals surface area contributed by atoms with Gasteiger partial charge in [0.05, 0.1) is 5.41 Å². The number of anilines is 1. The number of nitrogens with one attached hydrogen (secondary N) is 2. The lowest BCUT2D eigenvalue weighted by molar-refractivity contribution is -0.144. The first-order chi connectivity index (χ1) is 11.0. The van der Waals surface area contributed by atoms with E-state index < -0.39 is 6.03 Å². The lowest BCUT2D eigenvalue weighted by Crippen LogP contribution is -2.55. The zero-order valence-corrected chi connectivity index (χ0v) is 13.7. The molecule has 0 aliphatic heterocycles. The second kappa shape index (κ2) is 5.52. The fraction of sp³-hybridized carbons (Fsp3) is 0.556. The van der Waals surface area contributed by atoms with E-state index >= 15 is 0 Å². The number of amides is 3. The Morgan fingerprint density at radius 2 is 1.48 bits per heavy atom. The number of urea groups is 1. The molecule has 0 aromatic heterocycles. The number of imide groups is 1. The van der Waals surface area contributed by atoms with Crippen LogP contribution < -0.4 is 10.6 Å². The summed E-state index contributed by atoms with van der Waals surface area (Å²) in [5.41, 5.74) is 0.330. The van der Waals surface area contributed by atoms with Gasteiger partial charge in [0, 0.05) is 10.7 Å². The Kier molecular flexibility index (Phi) is 3.60. The predicted octanol–water partition coefficient (Wildman–Crippen LogP) is 4.20. The van der Waals surface area contributed by atoms with Crippen LogP contribution in [0.25, 0.3) is 0 Å². The van der Waals surface area contributed by atoms with E-state index in [-0.39, 0.29) is 11.3 Å². The van der Waals surface area contributed by atoms with Crippen molar-refractivity contribution in [1.82, 2.24) is 5.32 Å². The lowest BCUT2D eigenvalue weighted by Gasteiger charge is -2.55. The van der Waals surface area contributed by atoms with Gasteiger partial charge in [-0.1, -0.05) is 11.6 Å². The molecule has 3 amide bonds. The Bertz CT molecular complexity index is 606. The molecule has 2 N–H and O–H groups in total. The van der Waals surface area contributed by atoms with E-state index in [4.69, 9.17) is 11.6 Å². The molecular formula is C18H21ClN2O2. The summed E-state index contributed by atoms with van der Waals surface area (Å²) in [6.07, 6.45) is 6.72. The Labute approximate surface area is 141 Å². The minimum atomic E-state index is -0.451. The van der Waals surface area contributed by atoms with E-state index in [0.29, 0.717) is 28.5 Å². The average molecular weight is 333 g/mol. The van der Waals surface area contributed by atoms with Crippen molar-refractivity contribution in [2.45, 2.75) is 38.5 Å². The maximum atomic E-state index is 12.8. The maximum Gasteiger partial charge on any atom is 0.325 e. The molecule has 4 bridgehead atoms. The third kappa shape index (κ3) is 2.85. The molecule has 4 aliphatic rings. The van der Waals surface area contributed by atoms with Gasteiger partial charge in [-0.25, -0.2) is 4.79 Å². The number of halogens is 1. The largest absolute Gasteiger partial charge is 0.325 e. The molecule has 0 unspecified atom stereocenters. The van der Waals surface area contributed by atoms with Crippen molar-refractivity contribution in [1.29, 1.82) is 0 Å². The average Bonchev–Trinajstić information content (AvgIpc) is 2.48. The molecule has 4 fully saturated rings. The van der Waals surface area contributed by atoms with E-state index in [0.717, 1.165) is 19.3 Å². The van der Waals surface area contributed by atoms with Gasteiger partial charge in [0.25, 0.3) is 0 Å². The van der Waals surface area contributed by atoms with Gasteiger partial charge in [-0.05, 0) is 80.5 Å². The molecule has 4 aliphatic carbocycles. The van der Waals surface area contributed by atoms with Crippen LogP contribution in [-0.4, -0.2) is 11.9 Å². The van der Waals surface area contributed by atoms with Crippen LogP contribution in [0.15, 0.2) is 24.3 Å². The molecule has 0 atom stereocenters. The van der Waals surface area contributed by atoms with Crippen LogP contribution in [0.2, 0.25) is 5.02 Å². The number of benzene rings is 1. The van der Waals surface area contributed by atoms with E-state index in [1.807, 2.05) is 0 Å². The van der Waals surface area contributed by atoms with Crippen LogP contribution in [0.4, 0.5) is 10.5 Å². The molecule has 1 aromatic carbocycles. The van der Waals surface area contributed by atoms with Gasteiger partial charge in [0.15, 0.2) is 0 Å². The minimum Gasteiger partial charge on any atom is -0.308 e. The third-order valence-corrected chi connectivity index (χ3v) is 6.10. The van der Waals surface area contributed by atoms with Crippen molar-refractivity contribution >= 4 is 29.2 Å². The van der Waals surface area contributed by atoms with Crippen LogP contribution in [0.1, 0.15) is 38.5 Å². The number of carbonyl (C=O) groups is 2. The van der Waals surface area contributed by atoms with Crippen LogP contribution in [0.5, 0.6) is 0 Å². The topological polar surface area (TPSA) is 58.2 Å². The smallest absolute Gasteiger partial charge is 0.308 e. The van der Waals surface area contributed by atoms with Crippen LogP contribution in [0, 0.1) is 23.2 Å². The molecule has 5 rings (SSSR count). The first-order valence-corrected chi connectivity index (χ1v) is 8.78. The quantitative estimate of drug-likeness (QED) is 0.852. The molecule has 0 radical (unpaired) electrons. The standard InChI is InChI=1S/C18H21ClN2O2/c19-14-1-3-15(4-2-14)20-17(23)21-16(22)18-8-11-5-12(9-18)7-13(6-11)10-18/h1-4,11-13H,5-10H2,(H2,20,21,22,23). The number of hydrogen-bond acceptors (Lipinski definition) is 2. The van der Waals surface area contributed by atoms with E-state index in [1.165, 1.54) is 19.3 Å². The summed E-state index contributed by atoms with van der Waals surface area (Å²) in [6.45, 7) is 0. The normalized spacial score (nSPS) is 34.2. The molecule has 23 heavy (non-hydrogen) atoms. The lowest BCUT2D eigenvalue weighted by atomic mass is 9.49. The van der Waals surface area contributed by atoms with Crippen LogP contribution in [-0.2, 0) is 4.79 Å². The van der Waals surface area contributed by atoms with E-state index in [9.17, 15) is 9.59 Å². The zero-order valence-electron chi connectivity index (χ0n) is 13.0. The van der Waals surface area contributed by atoms with E-state index in [1.54, 1.807) is 24.3 Å². The Morgan fingerprint density at radius 1 is 0.957 bits per heavy atom. The number of carbonyl (C=O) groups excluding carboxylic acids is 2. The maximum absolute atomic E-state index is 12.8. The van der Waals surface area contributed by atoms with Gasteiger partial charge in [0.2, 0.25) is 5.91 Å². The van der Waals surface area contributed by atoms with Crippen molar-refractivity contribution in [2.75, 3.05) is 5.32 Å². The summed E-state index contributed by atoms with van der Waals surface area (Å²) in [4.78, 5) is 24.9. The van der Waals surface area contributed by atoms with Gasteiger partial charge in [-0.15, -0.1) is 0 Å². The second-order valence-corrected chi connectivity index (χ2v) is 8.05. The summed E-state index contributed by atoms with van der Waals surface area (Å²) in [6, 6.07) is 6.40. The van der Waals surface area contributed by atoms with Gasteiger partial charge >= 0.3 is 6.03 Å². The SMILES string of the molecule is O=C(NC(=O)C12CC3CC(CC(C3)C1)C2)Nc1ccc(Cl)cc1. The van der Waals surface area contributed by atoms with Gasteiger partial charge in [0.1, 0.15) is 0 Å². The van der Waals surface area contributed by atoms with Gasteiger partial charge < -0.3 is 5.32 Å². The Balaban J connectivity index is 1.41. The minimum absolute atomic E-state index is 0.0805. The zero-order chi connectivity index (χ0) is 16.0. The molecule has 0 saturated heterocycles. The van der Waals surface area contributed by atoms with Crippen molar-refractivity contribution in [2.24, 2.45) is 23.2 Å². The highest BCUT2D eigenvalue weighted by Gasteiger charge is 2.54. The molecular weight excluding hydrogens is 312 g/mol. The fourth-order valence-corrected chi connectivity index (χ4v) is 5.45. The highest BCUT2D eigenvalue weighted by atomic mass is 35.5.